The van der Waals surface area contributed by atoms with Crippen LogP contribution in [0.1, 0.15) is 25.7 Å². The highest BCUT2D eigenvalue weighted by molar-refractivity contribution is 5.83. The predicted octanol–water partition coefficient (Wildman–Crippen LogP) is 2.16. The van der Waals surface area contributed by atoms with Gasteiger partial charge < -0.3 is 0 Å². The van der Waals surface area contributed by atoms with Crippen molar-refractivity contribution in [3.63, 3.8) is 0 Å². The van der Waals surface area contributed by atoms with Gasteiger partial charge in [0.2, 0.25) is 0 Å². The summed E-state index contributed by atoms with van der Waals surface area (Å²) in [5, 5.41) is 0. The number of hydrogen-bond donors (Lipinski definition) is 0. The summed E-state index contributed by atoms with van der Waals surface area (Å²) in [6, 6.07) is 7.43. The van der Waals surface area contributed by atoms with Crippen molar-refractivity contribution in [2.75, 3.05) is 0 Å². The first kappa shape index (κ1) is 12.1. The number of rotatable bonds is 3. The molecule has 0 N–H and O–H groups in total. The van der Waals surface area contributed by atoms with Gasteiger partial charge >= 0.3 is 0 Å². The van der Waals surface area contributed by atoms with Gasteiger partial charge in [0.05, 0.1) is 23.8 Å². The van der Waals surface area contributed by atoms with Gasteiger partial charge in [-0.05, 0) is 25.0 Å². The SMILES string of the molecule is O=C(Cn1c(=O)cnc2ccccc21)C1CCCC1. The van der Waals surface area contributed by atoms with Gasteiger partial charge in [0, 0.05) is 5.92 Å². The monoisotopic (exact) mass is 256 g/mol. The summed E-state index contributed by atoms with van der Waals surface area (Å²) in [5.41, 5.74) is 1.28. The van der Waals surface area contributed by atoms with Crippen LogP contribution >= 0.6 is 0 Å². The third kappa shape index (κ3) is 2.30. The van der Waals surface area contributed by atoms with Crippen LogP contribution in [0.15, 0.2) is 35.3 Å². The van der Waals surface area contributed by atoms with Crippen LogP contribution in [0.3, 0.4) is 0 Å². The van der Waals surface area contributed by atoms with Crippen molar-refractivity contribution in [1.29, 1.82) is 0 Å². The van der Waals surface area contributed by atoms with E-state index < -0.39 is 0 Å². The molecular weight excluding hydrogens is 240 g/mol. The van der Waals surface area contributed by atoms with E-state index >= 15 is 0 Å². The molecule has 1 heterocycles. The fraction of sp³-hybridized carbons (Fsp3) is 0.400. The van der Waals surface area contributed by atoms with Crippen LogP contribution < -0.4 is 5.56 Å². The Morgan fingerprint density at radius 1 is 1.26 bits per heavy atom. The van der Waals surface area contributed by atoms with Crippen LogP contribution in [0.5, 0.6) is 0 Å². The van der Waals surface area contributed by atoms with E-state index in [0.29, 0.717) is 0 Å². The zero-order valence-corrected chi connectivity index (χ0v) is 10.7. The lowest BCUT2D eigenvalue weighted by atomic mass is 10.0. The number of carbonyl (C=O) groups is 1. The quantitative estimate of drug-likeness (QED) is 0.845. The zero-order valence-electron chi connectivity index (χ0n) is 10.7. The molecule has 0 amide bonds. The molecule has 0 aliphatic heterocycles. The van der Waals surface area contributed by atoms with Crippen molar-refractivity contribution in [1.82, 2.24) is 9.55 Å². The van der Waals surface area contributed by atoms with Crippen molar-refractivity contribution >= 4 is 16.8 Å². The molecule has 2 aromatic rings. The second-order valence-corrected chi connectivity index (χ2v) is 5.12. The van der Waals surface area contributed by atoms with E-state index in [1.165, 1.54) is 6.20 Å². The van der Waals surface area contributed by atoms with E-state index in [1.54, 1.807) is 4.57 Å². The third-order valence-corrected chi connectivity index (χ3v) is 3.88. The van der Waals surface area contributed by atoms with E-state index in [1.807, 2.05) is 24.3 Å². The molecule has 0 saturated heterocycles. The van der Waals surface area contributed by atoms with Gasteiger partial charge in [-0.1, -0.05) is 25.0 Å². The van der Waals surface area contributed by atoms with Crippen molar-refractivity contribution in [3.8, 4) is 0 Å². The minimum atomic E-state index is -0.204. The van der Waals surface area contributed by atoms with E-state index in [4.69, 9.17) is 0 Å². The number of ketones is 1. The molecule has 0 spiro atoms. The number of para-hydroxylation sites is 2. The number of nitrogens with zero attached hydrogens (tertiary/aromatic N) is 2. The van der Waals surface area contributed by atoms with Gasteiger partial charge in [0.1, 0.15) is 0 Å². The van der Waals surface area contributed by atoms with Crippen molar-refractivity contribution in [2.24, 2.45) is 5.92 Å². The van der Waals surface area contributed by atoms with E-state index in [0.717, 1.165) is 36.7 Å². The molecule has 1 saturated carbocycles. The topological polar surface area (TPSA) is 52.0 Å². The molecule has 1 aliphatic carbocycles. The molecule has 4 heteroatoms. The molecule has 0 atom stereocenters. The fourth-order valence-electron chi connectivity index (χ4n) is 2.81. The van der Waals surface area contributed by atoms with Crippen molar-refractivity contribution < 1.29 is 4.79 Å². The molecule has 4 nitrogen and oxygen atoms in total. The largest absolute Gasteiger partial charge is 0.298 e. The maximum absolute atomic E-state index is 12.2. The van der Waals surface area contributed by atoms with Crippen LogP contribution in [0.4, 0.5) is 0 Å². The number of hydrogen-bond acceptors (Lipinski definition) is 3. The minimum Gasteiger partial charge on any atom is -0.298 e. The zero-order chi connectivity index (χ0) is 13.2. The van der Waals surface area contributed by atoms with Crippen LogP contribution in [0.25, 0.3) is 11.0 Å². The molecular formula is C15H16N2O2. The summed E-state index contributed by atoms with van der Waals surface area (Å²) >= 11 is 0. The van der Waals surface area contributed by atoms with E-state index in [-0.39, 0.29) is 23.8 Å². The standard InChI is InChI=1S/C15H16N2O2/c18-14(11-5-1-2-6-11)10-17-13-8-4-3-7-12(13)16-9-15(17)19/h3-4,7-9,11H,1-2,5-6,10H2. The van der Waals surface area contributed by atoms with Crippen molar-refractivity contribution in [3.05, 3.63) is 40.8 Å². The summed E-state index contributed by atoms with van der Waals surface area (Å²) < 4.78 is 1.54. The Labute approximate surface area is 111 Å². The first-order valence-corrected chi connectivity index (χ1v) is 6.73. The molecule has 1 fully saturated rings. The molecule has 1 aromatic heterocycles. The average molecular weight is 256 g/mol. The lowest BCUT2D eigenvalue weighted by molar-refractivity contribution is -0.123. The maximum atomic E-state index is 12.2. The second-order valence-electron chi connectivity index (χ2n) is 5.12. The van der Waals surface area contributed by atoms with Gasteiger partial charge in [-0.15, -0.1) is 0 Å². The third-order valence-electron chi connectivity index (χ3n) is 3.88. The highest BCUT2D eigenvalue weighted by atomic mass is 16.1. The van der Waals surface area contributed by atoms with Gasteiger partial charge in [0.25, 0.3) is 5.56 Å². The fourth-order valence-corrected chi connectivity index (χ4v) is 2.81. The first-order valence-electron chi connectivity index (χ1n) is 6.73. The Morgan fingerprint density at radius 2 is 2.00 bits per heavy atom. The molecule has 3 rings (SSSR count). The van der Waals surface area contributed by atoms with E-state index in [9.17, 15) is 9.59 Å². The summed E-state index contributed by atoms with van der Waals surface area (Å²) in [4.78, 5) is 28.3. The first-order chi connectivity index (χ1) is 9.25. The van der Waals surface area contributed by atoms with Crippen LogP contribution in [0.2, 0.25) is 0 Å². The average Bonchev–Trinajstić information content (AvgIpc) is 2.96. The lowest BCUT2D eigenvalue weighted by Crippen LogP contribution is -2.27. The number of carbonyl (C=O) groups excluding carboxylic acids is 1. The smallest absolute Gasteiger partial charge is 0.269 e. The number of fused-ring (bicyclic) bond motifs is 1. The number of Topliss-reactive ketones (excluding diaryl/α,β-unsaturated/α-hetero) is 1. The predicted molar refractivity (Wildman–Crippen MR) is 73.0 cm³/mol. The molecule has 1 aliphatic rings. The molecule has 0 bridgehead atoms. The van der Waals surface area contributed by atoms with Crippen LogP contribution in [-0.2, 0) is 11.3 Å². The summed E-state index contributed by atoms with van der Waals surface area (Å²) in [6.07, 6.45) is 5.49. The number of aromatic nitrogens is 2. The molecule has 19 heavy (non-hydrogen) atoms. The second kappa shape index (κ2) is 4.96. The minimum absolute atomic E-state index is 0.138. The Hall–Kier alpha value is -1.97. The maximum Gasteiger partial charge on any atom is 0.269 e. The Bertz CT molecular complexity index is 669. The Balaban J connectivity index is 1.97. The molecule has 0 unspecified atom stereocenters. The summed E-state index contributed by atoms with van der Waals surface area (Å²) in [6.45, 7) is 0.173. The van der Waals surface area contributed by atoms with Gasteiger partial charge in [-0.25, -0.2) is 4.98 Å². The van der Waals surface area contributed by atoms with Crippen LogP contribution in [0, 0.1) is 5.92 Å². The summed E-state index contributed by atoms with van der Waals surface area (Å²) in [5.74, 6) is 0.315. The number of benzene rings is 1. The Morgan fingerprint density at radius 3 is 2.79 bits per heavy atom. The highest BCUT2D eigenvalue weighted by Crippen LogP contribution is 2.26. The lowest BCUT2D eigenvalue weighted by Gasteiger charge is -2.11. The molecule has 0 radical (unpaired) electrons. The molecule has 1 aromatic carbocycles. The van der Waals surface area contributed by atoms with E-state index in [2.05, 4.69) is 4.98 Å². The van der Waals surface area contributed by atoms with Crippen LogP contribution in [-0.4, -0.2) is 15.3 Å². The Kier molecular flexibility index (Phi) is 3.15. The summed E-state index contributed by atoms with van der Waals surface area (Å²) in [7, 11) is 0. The highest BCUT2D eigenvalue weighted by Gasteiger charge is 2.23. The van der Waals surface area contributed by atoms with Gasteiger partial charge in [-0.2, -0.15) is 0 Å². The van der Waals surface area contributed by atoms with Crippen molar-refractivity contribution in [2.45, 2.75) is 32.2 Å². The van der Waals surface area contributed by atoms with Gasteiger partial charge in [0.15, 0.2) is 5.78 Å². The molecule has 98 valence electrons. The normalized spacial score (nSPS) is 16.0. The van der Waals surface area contributed by atoms with Gasteiger partial charge in [-0.3, -0.25) is 14.2 Å².